The molecule has 0 saturated heterocycles. The minimum atomic E-state index is -0.221. The summed E-state index contributed by atoms with van der Waals surface area (Å²) in [5, 5.41) is 5.22. The maximum Gasteiger partial charge on any atom is 0.323 e. The topological polar surface area (TPSA) is 167 Å². The molecule has 0 aliphatic carbocycles. The van der Waals surface area contributed by atoms with Crippen LogP contribution in [0.1, 0.15) is 11.4 Å². The number of rotatable bonds is 6. The van der Waals surface area contributed by atoms with Crippen LogP contribution in [0.4, 0.5) is 32.3 Å². The van der Waals surface area contributed by atoms with Gasteiger partial charge in [-0.15, -0.1) is 0 Å². The first kappa shape index (κ1) is 30.8. The number of benzene rings is 2. The van der Waals surface area contributed by atoms with Crippen molar-refractivity contribution in [1.29, 1.82) is 0 Å². The molecule has 2 aliphatic rings. The molecule has 0 unspecified atom stereocenters. The Morgan fingerprint density at radius 2 is 1.38 bits per heavy atom. The van der Waals surface area contributed by atoms with Crippen LogP contribution in [0.3, 0.4) is 0 Å². The van der Waals surface area contributed by atoms with Crippen molar-refractivity contribution in [3.63, 3.8) is 0 Å². The van der Waals surface area contributed by atoms with Crippen molar-refractivity contribution in [1.82, 2.24) is 30.6 Å². The smallest absolute Gasteiger partial charge is 0.323 e. The molecule has 4 heterocycles. The van der Waals surface area contributed by atoms with Crippen LogP contribution in [0, 0.1) is 0 Å². The fourth-order valence-electron chi connectivity index (χ4n) is 5.08. The number of anilines is 4. The van der Waals surface area contributed by atoms with Gasteiger partial charge in [0, 0.05) is 52.0 Å². The van der Waals surface area contributed by atoms with Gasteiger partial charge in [-0.2, -0.15) is 0 Å². The van der Waals surface area contributed by atoms with E-state index in [0.717, 1.165) is 58.7 Å². The Kier molecular flexibility index (Phi) is 9.46. The molecule has 15 nitrogen and oxygen atoms in total. The lowest BCUT2D eigenvalue weighted by atomic mass is 10.2. The molecule has 4 aromatic rings. The lowest BCUT2D eigenvalue weighted by Crippen LogP contribution is -2.36. The van der Waals surface area contributed by atoms with Crippen LogP contribution in [-0.2, 0) is 13.1 Å². The molecule has 4 amide bonds. The van der Waals surface area contributed by atoms with E-state index in [0.29, 0.717) is 26.3 Å². The molecule has 0 fully saturated rings. The average molecular weight is 619 g/mol. The lowest BCUT2D eigenvalue weighted by molar-refractivity contribution is 0.248. The van der Waals surface area contributed by atoms with Crippen molar-refractivity contribution in [2.45, 2.75) is 13.1 Å². The largest absolute Gasteiger partial charge is 0.490 e. The van der Waals surface area contributed by atoms with Crippen molar-refractivity contribution >= 4 is 34.8 Å². The Labute approximate surface area is 260 Å². The molecule has 2 aliphatic heterocycles. The van der Waals surface area contributed by atoms with E-state index >= 15 is 0 Å². The first-order valence-electron chi connectivity index (χ1n) is 14.5. The summed E-state index contributed by atoms with van der Waals surface area (Å²) < 4.78 is 11.4. The molecule has 6 rings (SSSR count). The van der Waals surface area contributed by atoms with Crippen LogP contribution in [0.15, 0.2) is 59.9 Å². The standard InChI is InChI=1S/C15H19N5O3.C15H19N5O2/c1-16-15(22)19(2)11-3-4-13-12(7-11)20(5-6-23-13)9-10-8-17-14(21)18-10;1-16-15(21)19(2)12-3-4-14-13(7-12)20(5-6-22-14)9-11-8-17-10-18-11/h3-4,7-8H,5-6,9H2,1-2H3,(H,16,22)(H2,17,18,21);3-4,7-8,10H,5-6,9H2,1-2H3,(H,16,21)(H,17,18). The maximum absolute atomic E-state index is 11.8. The number of imidazole rings is 2. The van der Waals surface area contributed by atoms with Crippen LogP contribution in [0.25, 0.3) is 0 Å². The minimum Gasteiger partial charge on any atom is -0.490 e. The molecule has 5 N–H and O–H groups in total. The fraction of sp³-hybridized carbons (Fsp3) is 0.333. The van der Waals surface area contributed by atoms with Crippen molar-refractivity contribution in [2.75, 3.05) is 74.1 Å². The van der Waals surface area contributed by atoms with E-state index < -0.39 is 0 Å². The first-order chi connectivity index (χ1) is 21.8. The lowest BCUT2D eigenvalue weighted by Gasteiger charge is -2.32. The van der Waals surface area contributed by atoms with Crippen LogP contribution >= 0.6 is 0 Å². The minimum absolute atomic E-state index is 0.156. The maximum atomic E-state index is 11.8. The quantitative estimate of drug-likeness (QED) is 0.220. The van der Waals surface area contributed by atoms with Gasteiger partial charge in [0.2, 0.25) is 0 Å². The number of hydrogen-bond acceptors (Lipinski definition) is 8. The second-order valence-electron chi connectivity index (χ2n) is 10.4. The third-order valence-corrected chi connectivity index (χ3v) is 7.54. The highest BCUT2D eigenvalue weighted by atomic mass is 16.5. The number of fused-ring (bicyclic) bond motifs is 2. The van der Waals surface area contributed by atoms with E-state index in [9.17, 15) is 14.4 Å². The van der Waals surface area contributed by atoms with Crippen molar-refractivity contribution in [2.24, 2.45) is 0 Å². The number of carbonyl (C=O) groups is 2. The number of aromatic amines is 3. The predicted molar refractivity (Wildman–Crippen MR) is 172 cm³/mol. The molecule has 238 valence electrons. The van der Waals surface area contributed by atoms with Gasteiger partial charge in [0.15, 0.2) is 0 Å². The van der Waals surface area contributed by atoms with E-state index in [-0.39, 0.29) is 17.8 Å². The Morgan fingerprint density at radius 1 is 0.844 bits per heavy atom. The molecular weight excluding hydrogens is 580 g/mol. The van der Waals surface area contributed by atoms with E-state index in [4.69, 9.17) is 9.47 Å². The van der Waals surface area contributed by atoms with E-state index in [1.54, 1.807) is 45.6 Å². The second kappa shape index (κ2) is 13.8. The van der Waals surface area contributed by atoms with Crippen LogP contribution in [-0.4, -0.2) is 86.5 Å². The van der Waals surface area contributed by atoms with Gasteiger partial charge in [0.25, 0.3) is 0 Å². The Morgan fingerprint density at radius 3 is 1.82 bits per heavy atom. The zero-order valence-electron chi connectivity index (χ0n) is 25.7. The Hall–Kier alpha value is -5.60. The van der Waals surface area contributed by atoms with Crippen molar-refractivity contribution in [3.8, 4) is 11.5 Å². The summed E-state index contributed by atoms with van der Waals surface area (Å²) in [6.07, 6.45) is 5.15. The van der Waals surface area contributed by atoms with E-state index in [1.165, 1.54) is 4.90 Å². The number of H-pyrrole nitrogens is 3. The average Bonchev–Trinajstić information content (AvgIpc) is 3.74. The fourth-order valence-corrected chi connectivity index (χ4v) is 5.08. The number of nitrogens with one attached hydrogen (secondary N) is 5. The number of nitrogens with zero attached hydrogens (tertiary/aromatic N) is 5. The second-order valence-corrected chi connectivity index (χ2v) is 10.4. The first-order valence-corrected chi connectivity index (χ1v) is 14.5. The highest BCUT2D eigenvalue weighted by Crippen LogP contribution is 2.37. The van der Waals surface area contributed by atoms with Gasteiger partial charge in [0.05, 0.1) is 55.3 Å². The van der Waals surface area contributed by atoms with Gasteiger partial charge in [-0.05, 0) is 36.4 Å². The van der Waals surface area contributed by atoms with Crippen molar-refractivity contribution in [3.05, 3.63) is 77.0 Å². The van der Waals surface area contributed by atoms with Gasteiger partial charge in [-0.25, -0.2) is 19.4 Å². The van der Waals surface area contributed by atoms with E-state index in [2.05, 4.69) is 40.4 Å². The number of amides is 4. The molecule has 15 heteroatoms. The van der Waals surface area contributed by atoms with Gasteiger partial charge >= 0.3 is 17.8 Å². The molecule has 0 spiro atoms. The molecule has 45 heavy (non-hydrogen) atoms. The summed E-state index contributed by atoms with van der Waals surface area (Å²) in [5.41, 5.74) is 5.08. The van der Waals surface area contributed by atoms with E-state index in [1.807, 2.05) is 42.6 Å². The van der Waals surface area contributed by atoms with Gasteiger partial charge < -0.3 is 44.9 Å². The van der Waals surface area contributed by atoms with Crippen LogP contribution in [0.5, 0.6) is 11.5 Å². The molecule has 0 radical (unpaired) electrons. The zero-order valence-corrected chi connectivity index (χ0v) is 25.7. The summed E-state index contributed by atoms with van der Waals surface area (Å²) in [4.78, 5) is 54.7. The number of ether oxygens (including phenoxy) is 2. The Bertz CT molecular complexity index is 1670. The summed E-state index contributed by atoms with van der Waals surface area (Å²) in [5.74, 6) is 1.60. The summed E-state index contributed by atoms with van der Waals surface area (Å²) in [6.45, 7) is 4.00. The highest BCUT2D eigenvalue weighted by Gasteiger charge is 2.22. The molecule has 0 atom stereocenters. The molecule has 0 saturated carbocycles. The molecule has 2 aromatic carbocycles. The SMILES string of the molecule is CNC(=O)N(C)c1ccc2c(c1)N(Cc1c[nH]c(=O)[nH]1)CCO2.CNC(=O)N(C)c1ccc2c(c1)N(Cc1cnc[nH]1)CCO2. The van der Waals surface area contributed by atoms with Gasteiger partial charge in [-0.3, -0.25) is 9.80 Å². The van der Waals surface area contributed by atoms with Crippen molar-refractivity contribution < 1.29 is 19.1 Å². The monoisotopic (exact) mass is 618 g/mol. The van der Waals surface area contributed by atoms with Crippen LogP contribution < -0.4 is 45.4 Å². The summed E-state index contributed by atoms with van der Waals surface area (Å²) in [7, 11) is 6.65. The number of urea groups is 2. The third-order valence-electron chi connectivity index (χ3n) is 7.54. The molecular formula is C30H38N10O5. The number of carbonyl (C=O) groups excluding carboxylic acids is 2. The van der Waals surface area contributed by atoms with Crippen LogP contribution in [0.2, 0.25) is 0 Å². The third kappa shape index (κ3) is 7.14. The Balaban J connectivity index is 0.000000178. The highest BCUT2D eigenvalue weighted by molar-refractivity contribution is 5.93. The molecule has 2 aromatic heterocycles. The number of hydrogen-bond donors (Lipinski definition) is 5. The number of aromatic nitrogens is 4. The zero-order chi connectivity index (χ0) is 31.9. The normalized spacial score (nSPS) is 13.2. The molecule has 0 bridgehead atoms. The van der Waals surface area contributed by atoms with Gasteiger partial charge in [0.1, 0.15) is 24.7 Å². The van der Waals surface area contributed by atoms with Gasteiger partial charge in [-0.1, -0.05) is 0 Å². The predicted octanol–water partition coefficient (Wildman–Crippen LogP) is 2.46. The summed E-state index contributed by atoms with van der Waals surface area (Å²) in [6, 6.07) is 11.0. The summed E-state index contributed by atoms with van der Waals surface area (Å²) >= 11 is 0.